The average Bonchev–Trinajstić information content (AvgIpc) is 2.63. The molecule has 82 valence electrons. The van der Waals surface area contributed by atoms with E-state index >= 15 is 0 Å². The number of hydrogen-bond donors (Lipinski definition) is 3. The summed E-state index contributed by atoms with van der Waals surface area (Å²) in [7, 11) is 1.76. The first-order valence-electron chi connectivity index (χ1n) is 4.97. The van der Waals surface area contributed by atoms with Gasteiger partial charge in [-0.1, -0.05) is 0 Å². The van der Waals surface area contributed by atoms with Crippen molar-refractivity contribution in [2.24, 2.45) is 0 Å². The van der Waals surface area contributed by atoms with Crippen molar-refractivity contribution >= 4 is 0 Å². The molecule has 1 aliphatic rings. The number of aliphatic hydroxyl groups excluding tert-OH is 1. The van der Waals surface area contributed by atoms with Crippen LogP contribution in [0.25, 0.3) is 0 Å². The molecule has 0 spiro atoms. The van der Waals surface area contributed by atoms with Gasteiger partial charge in [0, 0.05) is 12.1 Å². The lowest BCUT2D eigenvalue weighted by Gasteiger charge is -2.13. The predicted octanol–water partition coefficient (Wildman–Crippen LogP) is 0.675. The predicted molar refractivity (Wildman–Crippen MR) is 55.5 cm³/mol. The molecule has 2 rings (SSSR count). The van der Waals surface area contributed by atoms with Gasteiger partial charge in [-0.15, -0.1) is 0 Å². The molecule has 0 amide bonds. The Morgan fingerprint density at radius 2 is 2.07 bits per heavy atom. The van der Waals surface area contributed by atoms with Gasteiger partial charge in [0.25, 0.3) is 0 Å². The zero-order valence-electron chi connectivity index (χ0n) is 8.66. The molecule has 1 atom stereocenters. The number of aromatic hydroxyl groups is 1. The van der Waals surface area contributed by atoms with Crippen LogP contribution in [0.15, 0.2) is 12.1 Å². The second-order valence-electron chi connectivity index (χ2n) is 3.75. The number of likely N-dealkylation sites (N-methyl/N-ethyl adjacent to an activating group) is 1. The SMILES string of the molecule is CNCC(O)c1cc2c(cc1O)COC2. The molecule has 0 saturated heterocycles. The third-order valence-electron chi connectivity index (χ3n) is 2.62. The number of phenolic OH excluding ortho intramolecular Hbond substituents is 1. The smallest absolute Gasteiger partial charge is 0.121 e. The average molecular weight is 209 g/mol. The van der Waals surface area contributed by atoms with Crippen molar-refractivity contribution in [2.45, 2.75) is 19.3 Å². The Hall–Kier alpha value is -1.10. The van der Waals surface area contributed by atoms with Crippen LogP contribution in [0.3, 0.4) is 0 Å². The Bertz CT molecular complexity index is 365. The van der Waals surface area contributed by atoms with Gasteiger partial charge in [-0.2, -0.15) is 0 Å². The Morgan fingerprint density at radius 1 is 1.40 bits per heavy atom. The van der Waals surface area contributed by atoms with Crippen molar-refractivity contribution in [2.75, 3.05) is 13.6 Å². The number of ether oxygens (including phenoxy) is 1. The maximum atomic E-state index is 9.77. The molecular weight excluding hydrogens is 194 g/mol. The molecule has 0 aliphatic carbocycles. The first-order chi connectivity index (χ1) is 7.22. The molecule has 3 N–H and O–H groups in total. The molecule has 0 fully saturated rings. The van der Waals surface area contributed by atoms with Gasteiger partial charge >= 0.3 is 0 Å². The summed E-state index contributed by atoms with van der Waals surface area (Å²) in [4.78, 5) is 0. The summed E-state index contributed by atoms with van der Waals surface area (Å²) >= 11 is 0. The highest BCUT2D eigenvalue weighted by atomic mass is 16.5. The number of rotatable bonds is 3. The summed E-state index contributed by atoms with van der Waals surface area (Å²) in [5.74, 6) is 0.141. The highest BCUT2D eigenvalue weighted by Crippen LogP contribution is 2.31. The van der Waals surface area contributed by atoms with Crippen molar-refractivity contribution in [3.63, 3.8) is 0 Å². The lowest BCUT2D eigenvalue weighted by atomic mass is 10.0. The van der Waals surface area contributed by atoms with Crippen LogP contribution < -0.4 is 5.32 Å². The minimum atomic E-state index is -0.680. The van der Waals surface area contributed by atoms with Crippen LogP contribution in [0.1, 0.15) is 22.8 Å². The number of phenols is 1. The van der Waals surface area contributed by atoms with Crippen LogP contribution in [0.4, 0.5) is 0 Å². The molecule has 1 aliphatic heterocycles. The van der Waals surface area contributed by atoms with Gasteiger partial charge < -0.3 is 20.3 Å². The second kappa shape index (κ2) is 4.18. The standard InChI is InChI=1S/C11H15NO3/c1-12-4-11(14)9-2-7-5-15-6-8(7)3-10(9)13/h2-3,11-14H,4-6H2,1H3. The van der Waals surface area contributed by atoms with E-state index < -0.39 is 6.10 Å². The van der Waals surface area contributed by atoms with E-state index in [0.717, 1.165) is 11.1 Å². The maximum Gasteiger partial charge on any atom is 0.121 e. The number of aliphatic hydroxyl groups is 1. The fourth-order valence-electron chi connectivity index (χ4n) is 1.81. The van der Waals surface area contributed by atoms with Crippen LogP contribution in [-0.2, 0) is 18.0 Å². The van der Waals surface area contributed by atoms with Crippen molar-refractivity contribution in [1.29, 1.82) is 0 Å². The third kappa shape index (κ3) is 1.97. The van der Waals surface area contributed by atoms with Crippen LogP contribution in [0.2, 0.25) is 0 Å². The van der Waals surface area contributed by atoms with Gasteiger partial charge in [-0.3, -0.25) is 0 Å². The van der Waals surface area contributed by atoms with Crippen molar-refractivity contribution in [3.8, 4) is 5.75 Å². The van der Waals surface area contributed by atoms with E-state index in [-0.39, 0.29) is 5.75 Å². The zero-order chi connectivity index (χ0) is 10.8. The number of nitrogens with one attached hydrogen (secondary N) is 1. The van der Waals surface area contributed by atoms with E-state index in [0.29, 0.717) is 25.3 Å². The Labute approximate surface area is 88.5 Å². The number of hydrogen-bond acceptors (Lipinski definition) is 4. The van der Waals surface area contributed by atoms with Crippen molar-refractivity contribution in [1.82, 2.24) is 5.32 Å². The molecule has 0 bridgehead atoms. The fraction of sp³-hybridized carbons (Fsp3) is 0.455. The summed E-state index contributed by atoms with van der Waals surface area (Å²) in [6, 6.07) is 3.50. The summed E-state index contributed by atoms with van der Waals surface area (Å²) in [5.41, 5.74) is 2.62. The van der Waals surface area contributed by atoms with E-state index in [1.165, 1.54) is 0 Å². The lowest BCUT2D eigenvalue weighted by molar-refractivity contribution is 0.134. The molecule has 0 saturated carbocycles. The molecule has 4 nitrogen and oxygen atoms in total. The molecule has 1 aromatic rings. The van der Waals surface area contributed by atoms with E-state index in [4.69, 9.17) is 4.74 Å². The third-order valence-corrected chi connectivity index (χ3v) is 2.62. The van der Waals surface area contributed by atoms with Crippen molar-refractivity contribution in [3.05, 3.63) is 28.8 Å². The molecule has 1 unspecified atom stereocenters. The van der Waals surface area contributed by atoms with E-state index in [2.05, 4.69) is 5.32 Å². The molecule has 15 heavy (non-hydrogen) atoms. The van der Waals surface area contributed by atoms with E-state index in [9.17, 15) is 10.2 Å². The van der Waals surface area contributed by atoms with Crippen LogP contribution in [-0.4, -0.2) is 23.8 Å². The largest absolute Gasteiger partial charge is 0.508 e. The summed E-state index contributed by atoms with van der Waals surface area (Å²) in [6.45, 7) is 1.54. The van der Waals surface area contributed by atoms with Gasteiger partial charge in [-0.05, 0) is 30.3 Å². The lowest BCUT2D eigenvalue weighted by Crippen LogP contribution is -2.17. The highest BCUT2D eigenvalue weighted by Gasteiger charge is 2.18. The summed E-state index contributed by atoms with van der Waals surface area (Å²) in [6.07, 6.45) is -0.680. The molecule has 0 radical (unpaired) electrons. The number of benzene rings is 1. The van der Waals surface area contributed by atoms with E-state index in [1.54, 1.807) is 13.1 Å². The van der Waals surface area contributed by atoms with Crippen LogP contribution in [0, 0.1) is 0 Å². The topological polar surface area (TPSA) is 61.7 Å². The zero-order valence-corrected chi connectivity index (χ0v) is 8.66. The summed E-state index contributed by atoms with van der Waals surface area (Å²) < 4.78 is 5.26. The quantitative estimate of drug-likeness (QED) is 0.685. The minimum Gasteiger partial charge on any atom is -0.508 e. The highest BCUT2D eigenvalue weighted by molar-refractivity contribution is 5.43. The first kappa shape index (κ1) is 10.4. The van der Waals surface area contributed by atoms with Gasteiger partial charge in [0.2, 0.25) is 0 Å². The monoisotopic (exact) mass is 209 g/mol. The van der Waals surface area contributed by atoms with Crippen molar-refractivity contribution < 1.29 is 14.9 Å². The van der Waals surface area contributed by atoms with Gasteiger partial charge in [0.15, 0.2) is 0 Å². The molecule has 4 heteroatoms. The second-order valence-corrected chi connectivity index (χ2v) is 3.75. The Kier molecular flexibility index (Phi) is 2.90. The minimum absolute atomic E-state index is 0.141. The van der Waals surface area contributed by atoms with Gasteiger partial charge in [0.1, 0.15) is 5.75 Å². The maximum absolute atomic E-state index is 9.77. The molecule has 1 heterocycles. The first-order valence-corrected chi connectivity index (χ1v) is 4.97. The fourth-order valence-corrected chi connectivity index (χ4v) is 1.81. The Morgan fingerprint density at radius 3 is 2.73 bits per heavy atom. The number of fused-ring (bicyclic) bond motifs is 1. The summed E-state index contributed by atoms with van der Waals surface area (Å²) in [5, 5.41) is 22.4. The van der Waals surface area contributed by atoms with Crippen LogP contribution in [0.5, 0.6) is 5.75 Å². The molecule has 0 aromatic heterocycles. The van der Waals surface area contributed by atoms with E-state index in [1.807, 2.05) is 6.07 Å². The molecular formula is C11H15NO3. The van der Waals surface area contributed by atoms with Gasteiger partial charge in [-0.25, -0.2) is 0 Å². The molecule has 1 aromatic carbocycles. The van der Waals surface area contributed by atoms with Gasteiger partial charge in [0.05, 0.1) is 19.3 Å². The Balaban J connectivity index is 2.31. The van der Waals surface area contributed by atoms with Crippen LogP contribution >= 0.6 is 0 Å². The normalized spacial score (nSPS) is 16.4.